The maximum absolute atomic E-state index is 12.8. The number of hydrogen-bond acceptors (Lipinski definition) is 3. The molecule has 2 aliphatic rings. The first kappa shape index (κ1) is 15.2. The molecule has 1 saturated heterocycles. The summed E-state index contributed by atoms with van der Waals surface area (Å²) in [5, 5.41) is 3.66. The van der Waals surface area contributed by atoms with Crippen molar-refractivity contribution in [2.24, 2.45) is 0 Å². The van der Waals surface area contributed by atoms with Gasteiger partial charge in [0.25, 0.3) is 0 Å². The Kier molecular flexibility index (Phi) is 5.18. The summed E-state index contributed by atoms with van der Waals surface area (Å²) in [5.74, 6) is 2.70. The summed E-state index contributed by atoms with van der Waals surface area (Å²) in [7, 11) is 0. The van der Waals surface area contributed by atoms with Gasteiger partial charge in [-0.15, -0.1) is 0 Å². The zero-order valence-corrected chi connectivity index (χ0v) is 13.4. The fourth-order valence-corrected chi connectivity index (χ4v) is 4.32. The van der Waals surface area contributed by atoms with Gasteiger partial charge in [-0.05, 0) is 44.1 Å². The van der Waals surface area contributed by atoms with E-state index in [-0.39, 0.29) is 11.7 Å². The summed E-state index contributed by atoms with van der Waals surface area (Å²) >= 11 is 1.97. The quantitative estimate of drug-likeness (QED) is 0.761. The molecule has 2 rings (SSSR count). The monoisotopic (exact) mass is 284 g/mol. The highest BCUT2D eigenvalue weighted by atomic mass is 32.2. The molecule has 2 atom stereocenters. The Morgan fingerprint density at radius 3 is 2.68 bits per heavy atom. The van der Waals surface area contributed by atoms with Crippen LogP contribution < -0.4 is 5.32 Å². The van der Waals surface area contributed by atoms with Crippen LogP contribution in [0.1, 0.15) is 59.3 Å². The number of carbonyl (C=O) groups excluding carboxylic acids is 1. The summed E-state index contributed by atoms with van der Waals surface area (Å²) < 4.78 is 0. The summed E-state index contributed by atoms with van der Waals surface area (Å²) in [6.07, 6.45) is 6.85. The second kappa shape index (κ2) is 6.49. The van der Waals surface area contributed by atoms with Gasteiger partial charge in [0.15, 0.2) is 0 Å². The molecule has 0 aromatic carbocycles. The van der Waals surface area contributed by atoms with Crippen molar-refractivity contribution in [3.05, 3.63) is 0 Å². The molecule has 4 heteroatoms. The van der Waals surface area contributed by atoms with E-state index in [9.17, 15) is 4.79 Å². The minimum atomic E-state index is -0.202. The first-order valence-electron chi connectivity index (χ1n) is 7.83. The first-order chi connectivity index (χ1) is 9.14. The van der Waals surface area contributed by atoms with Gasteiger partial charge in [-0.1, -0.05) is 26.7 Å². The molecule has 1 N–H and O–H groups in total. The molecular formula is C15H28N2OS. The fraction of sp³-hybridized carbons (Fsp3) is 0.933. The fourth-order valence-electron chi connectivity index (χ4n) is 3.52. The van der Waals surface area contributed by atoms with Crippen LogP contribution in [0, 0.1) is 0 Å². The predicted molar refractivity (Wildman–Crippen MR) is 82.3 cm³/mol. The van der Waals surface area contributed by atoms with Crippen LogP contribution in [0.2, 0.25) is 0 Å². The van der Waals surface area contributed by atoms with Crippen LogP contribution in [-0.4, -0.2) is 40.1 Å². The number of thioether (sulfide) groups is 1. The molecular weight excluding hydrogens is 256 g/mol. The van der Waals surface area contributed by atoms with Crippen LogP contribution in [0.4, 0.5) is 0 Å². The van der Waals surface area contributed by atoms with Crippen molar-refractivity contribution in [2.75, 3.05) is 11.5 Å². The Labute approximate surface area is 121 Å². The Bertz CT molecular complexity index is 315. The number of hydrogen-bond donors (Lipinski definition) is 1. The predicted octanol–water partition coefficient (Wildman–Crippen LogP) is 3.00. The van der Waals surface area contributed by atoms with Crippen LogP contribution in [0.15, 0.2) is 0 Å². The van der Waals surface area contributed by atoms with Gasteiger partial charge in [0.1, 0.15) is 0 Å². The average Bonchev–Trinajstić information content (AvgIpc) is 2.97. The third-order valence-electron chi connectivity index (χ3n) is 4.63. The summed E-state index contributed by atoms with van der Waals surface area (Å²) in [5.41, 5.74) is -0.202. The number of nitrogens with zero attached hydrogens (tertiary/aromatic N) is 1. The molecule has 3 nitrogen and oxygen atoms in total. The van der Waals surface area contributed by atoms with E-state index in [1.54, 1.807) is 0 Å². The van der Waals surface area contributed by atoms with Gasteiger partial charge in [-0.3, -0.25) is 10.1 Å². The van der Waals surface area contributed by atoms with Crippen molar-refractivity contribution in [2.45, 2.75) is 77.0 Å². The third kappa shape index (κ3) is 2.94. The smallest absolute Gasteiger partial charge is 0.244 e. The van der Waals surface area contributed by atoms with Gasteiger partial charge >= 0.3 is 0 Å². The highest BCUT2D eigenvalue weighted by Gasteiger charge is 2.52. The topological polar surface area (TPSA) is 32.3 Å². The first-order valence-corrected chi connectivity index (χ1v) is 8.98. The van der Waals surface area contributed by atoms with Gasteiger partial charge in [0.05, 0.1) is 11.7 Å². The molecule has 0 bridgehead atoms. The Morgan fingerprint density at radius 1 is 1.42 bits per heavy atom. The van der Waals surface area contributed by atoms with Crippen molar-refractivity contribution < 1.29 is 4.79 Å². The lowest BCUT2D eigenvalue weighted by atomic mass is 9.97. The van der Waals surface area contributed by atoms with Crippen LogP contribution in [-0.2, 0) is 4.79 Å². The normalized spacial score (nSPS) is 27.4. The van der Waals surface area contributed by atoms with Gasteiger partial charge < -0.3 is 4.90 Å². The van der Waals surface area contributed by atoms with Crippen LogP contribution >= 0.6 is 11.8 Å². The summed E-state index contributed by atoms with van der Waals surface area (Å²) in [6.45, 7) is 6.59. The molecule has 1 aliphatic heterocycles. The molecule has 0 radical (unpaired) electrons. The zero-order valence-electron chi connectivity index (χ0n) is 12.6. The SMILES string of the molecule is CCSCCC(C)N1C(=O)C2(CCCC2)NC1CC. The molecule has 110 valence electrons. The van der Waals surface area contributed by atoms with Gasteiger partial charge in [0.2, 0.25) is 5.91 Å². The Hall–Kier alpha value is -0.220. The van der Waals surface area contributed by atoms with Gasteiger partial charge in [-0.25, -0.2) is 0 Å². The number of carbonyl (C=O) groups is 1. The van der Waals surface area contributed by atoms with Crippen molar-refractivity contribution in [1.82, 2.24) is 10.2 Å². The van der Waals surface area contributed by atoms with E-state index in [0.29, 0.717) is 11.9 Å². The molecule has 0 aromatic rings. The van der Waals surface area contributed by atoms with Crippen LogP contribution in [0.5, 0.6) is 0 Å². The summed E-state index contributed by atoms with van der Waals surface area (Å²) in [6, 6.07) is 0.365. The van der Waals surface area contributed by atoms with Crippen LogP contribution in [0.3, 0.4) is 0 Å². The van der Waals surface area contributed by atoms with E-state index in [2.05, 4.69) is 31.0 Å². The Morgan fingerprint density at radius 2 is 2.11 bits per heavy atom. The maximum Gasteiger partial charge on any atom is 0.244 e. The standard InChI is InChI=1S/C15H28N2OS/c1-4-13-16-15(9-6-7-10-15)14(18)17(13)12(3)8-11-19-5-2/h12-13,16H,4-11H2,1-3H3. The number of amides is 1. The van der Waals surface area contributed by atoms with E-state index in [4.69, 9.17) is 0 Å². The molecule has 1 spiro atoms. The lowest BCUT2D eigenvalue weighted by Crippen LogP contribution is -2.45. The average molecular weight is 284 g/mol. The number of nitrogens with one attached hydrogen (secondary N) is 1. The van der Waals surface area contributed by atoms with E-state index in [1.807, 2.05) is 11.8 Å². The van der Waals surface area contributed by atoms with Gasteiger partial charge in [-0.2, -0.15) is 11.8 Å². The van der Waals surface area contributed by atoms with Crippen molar-refractivity contribution in [3.63, 3.8) is 0 Å². The van der Waals surface area contributed by atoms with Crippen molar-refractivity contribution >= 4 is 17.7 Å². The van der Waals surface area contributed by atoms with Crippen molar-refractivity contribution in [3.8, 4) is 0 Å². The van der Waals surface area contributed by atoms with E-state index < -0.39 is 0 Å². The largest absolute Gasteiger partial charge is 0.323 e. The molecule has 0 aromatic heterocycles. The molecule has 1 aliphatic carbocycles. The Balaban J connectivity index is 2.03. The molecule has 19 heavy (non-hydrogen) atoms. The van der Waals surface area contributed by atoms with Crippen molar-refractivity contribution in [1.29, 1.82) is 0 Å². The second-order valence-corrected chi connectivity index (χ2v) is 7.30. The molecule has 1 amide bonds. The van der Waals surface area contributed by atoms with E-state index in [1.165, 1.54) is 18.6 Å². The maximum atomic E-state index is 12.8. The van der Waals surface area contributed by atoms with Gasteiger partial charge in [0, 0.05) is 6.04 Å². The minimum absolute atomic E-state index is 0.202. The lowest BCUT2D eigenvalue weighted by Gasteiger charge is -2.30. The molecule has 1 heterocycles. The highest BCUT2D eigenvalue weighted by molar-refractivity contribution is 7.99. The minimum Gasteiger partial charge on any atom is -0.323 e. The highest BCUT2D eigenvalue weighted by Crippen LogP contribution is 2.38. The lowest BCUT2D eigenvalue weighted by molar-refractivity contribution is -0.135. The van der Waals surface area contributed by atoms with E-state index in [0.717, 1.165) is 31.4 Å². The second-order valence-electron chi connectivity index (χ2n) is 5.90. The number of rotatable bonds is 6. The molecule has 1 saturated carbocycles. The molecule has 2 unspecified atom stereocenters. The zero-order chi connectivity index (χ0) is 13.9. The van der Waals surface area contributed by atoms with E-state index >= 15 is 0 Å². The molecule has 2 fully saturated rings. The summed E-state index contributed by atoms with van der Waals surface area (Å²) in [4.78, 5) is 15.0. The third-order valence-corrected chi connectivity index (χ3v) is 5.56. The van der Waals surface area contributed by atoms with Crippen LogP contribution in [0.25, 0.3) is 0 Å².